The summed E-state index contributed by atoms with van der Waals surface area (Å²) < 4.78 is 12.0. The van der Waals surface area contributed by atoms with Crippen LogP contribution in [0, 0.1) is 5.92 Å². The molecule has 2 saturated heterocycles. The van der Waals surface area contributed by atoms with Gasteiger partial charge in [0.15, 0.2) is 0 Å². The number of aromatic nitrogens is 1. The largest absolute Gasteiger partial charge is 0.472 e. The molecule has 3 rings (SSSR count). The summed E-state index contributed by atoms with van der Waals surface area (Å²) in [4.78, 5) is 18.4. The van der Waals surface area contributed by atoms with Crippen LogP contribution < -0.4 is 4.74 Å². The van der Waals surface area contributed by atoms with E-state index in [0.29, 0.717) is 25.6 Å². The molecule has 20 heavy (non-hydrogen) atoms. The number of pyridine rings is 1. The van der Waals surface area contributed by atoms with Crippen molar-refractivity contribution in [3.63, 3.8) is 0 Å². The molecule has 2 atom stereocenters. The standard InChI is InChI=1S/C14H17BrN2O3/c15-12-2-1-5-16-13(12)20-11-3-6-17(8-11)14(18)10-4-7-19-9-10/h1-2,5,10-11H,3-4,6-9H2. The van der Waals surface area contributed by atoms with Gasteiger partial charge in [-0.3, -0.25) is 4.79 Å². The molecule has 0 saturated carbocycles. The third-order valence-corrected chi connectivity index (χ3v) is 4.34. The van der Waals surface area contributed by atoms with E-state index in [9.17, 15) is 4.79 Å². The van der Waals surface area contributed by atoms with E-state index in [4.69, 9.17) is 9.47 Å². The minimum atomic E-state index is 0.0208. The molecule has 0 aromatic carbocycles. The topological polar surface area (TPSA) is 51.7 Å². The zero-order valence-electron chi connectivity index (χ0n) is 11.1. The molecular weight excluding hydrogens is 324 g/mol. The zero-order valence-corrected chi connectivity index (χ0v) is 12.7. The second kappa shape index (κ2) is 6.10. The lowest BCUT2D eigenvalue weighted by Gasteiger charge is -2.20. The Morgan fingerprint density at radius 3 is 3.15 bits per heavy atom. The fraction of sp³-hybridized carbons (Fsp3) is 0.571. The Morgan fingerprint density at radius 2 is 2.40 bits per heavy atom. The smallest absolute Gasteiger partial charge is 0.228 e. The van der Waals surface area contributed by atoms with Gasteiger partial charge in [0.2, 0.25) is 11.8 Å². The van der Waals surface area contributed by atoms with Crippen LogP contribution in [0.1, 0.15) is 12.8 Å². The Labute approximate surface area is 126 Å². The first kappa shape index (κ1) is 13.8. The molecule has 108 valence electrons. The SMILES string of the molecule is O=C(C1CCOC1)N1CCC(Oc2ncccc2Br)C1. The lowest BCUT2D eigenvalue weighted by molar-refractivity contribution is -0.134. The monoisotopic (exact) mass is 340 g/mol. The number of amides is 1. The summed E-state index contributed by atoms with van der Waals surface area (Å²) in [5.41, 5.74) is 0. The van der Waals surface area contributed by atoms with Crippen molar-refractivity contribution < 1.29 is 14.3 Å². The van der Waals surface area contributed by atoms with Gasteiger partial charge in [0.1, 0.15) is 6.10 Å². The molecule has 3 heterocycles. The number of rotatable bonds is 3. The molecule has 2 aliphatic heterocycles. The van der Waals surface area contributed by atoms with Crippen LogP contribution in [0.25, 0.3) is 0 Å². The quantitative estimate of drug-likeness (QED) is 0.842. The van der Waals surface area contributed by atoms with Crippen molar-refractivity contribution >= 4 is 21.8 Å². The predicted molar refractivity (Wildman–Crippen MR) is 76.5 cm³/mol. The van der Waals surface area contributed by atoms with Crippen LogP contribution in [0.4, 0.5) is 0 Å². The highest BCUT2D eigenvalue weighted by Crippen LogP contribution is 2.25. The molecule has 0 spiro atoms. The number of hydrogen-bond acceptors (Lipinski definition) is 4. The van der Waals surface area contributed by atoms with Crippen LogP contribution in [0.3, 0.4) is 0 Å². The first-order valence-corrected chi connectivity index (χ1v) is 7.67. The summed E-state index contributed by atoms with van der Waals surface area (Å²) >= 11 is 3.42. The van der Waals surface area contributed by atoms with Gasteiger partial charge in [-0.2, -0.15) is 0 Å². The van der Waals surface area contributed by atoms with Crippen molar-refractivity contribution in [2.75, 3.05) is 26.3 Å². The van der Waals surface area contributed by atoms with E-state index in [0.717, 1.165) is 23.9 Å². The average molecular weight is 341 g/mol. The van der Waals surface area contributed by atoms with Crippen molar-refractivity contribution in [3.05, 3.63) is 22.8 Å². The second-order valence-corrected chi connectivity index (χ2v) is 6.02. The number of ether oxygens (including phenoxy) is 2. The number of carbonyl (C=O) groups excluding carboxylic acids is 1. The molecule has 1 amide bonds. The summed E-state index contributed by atoms with van der Waals surface area (Å²) in [6.07, 6.45) is 3.41. The molecular formula is C14H17BrN2O3. The average Bonchev–Trinajstić information content (AvgIpc) is 3.12. The summed E-state index contributed by atoms with van der Waals surface area (Å²) in [7, 11) is 0. The van der Waals surface area contributed by atoms with Gasteiger partial charge in [-0.05, 0) is 34.5 Å². The Balaban J connectivity index is 1.57. The van der Waals surface area contributed by atoms with E-state index in [2.05, 4.69) is 20.9 Å². The van der Waals surface area contributed by atoms with E-state index in [-0.39, 0.29) is 17.9 Å². The summed E-state index contributed by atoms with van der Waals surface area (Å²) in [5.74, 6) is 0.833. The lowest BCUT2D eigenvalue weighted by Crippen LogP contribution is -2.36. The van der Waals surface area contributed by atoms with Gasteiger partial charge in [-0.25, -0.2) is 4.98 Å². The third kappa shape index (κ3) is 2.96. The molecule has 1 aromatic rings. The Hall–Kier alpha value is -1.14. The van der Waals surface area contributed by atoms with Crippen molar-refractivity contribution in [2.45, 2.75) is 18.9 Å². The van der Waals surface area contributed by atoms with Gasteiger partial charge < -0.3 is 14.4 Å². The van der Waals surface area contributed by atoms with Gasteiger partial charge in [0.25, 0.3) is 0 Å². The van der Waals surface area contributed by atoms with Crippen molar-refractivity contribution in [3.8, 4) is 5.88 Å². The predicted octanol–water partition coefficient (Wildman–Crippen LogP) is 1.86. The molecule has 2 fully saturated rings. The second-order valence-electron chi connectivity index (χ2n) is 5.16. The van der Waals surface area contributed by atoms with Crippen LogP contribution in [0.2, 0.25) is 0 Å². The minimum absolute atomic E-state index is 0.0208. The maximum absolute atomic E-state index is 12.3. The zero-order chi connectivity index (χ0) is 13.9. The number of carbonyl (C=O) groups is 1. The Bertz CT molecular complexity index is 491. The highest BCUT2D eigenvalue weighted by Gasteiger charge is 2.33. The molecule has 5 nitrogen and oxygen atoms in total. The van der Waals surface area contributed by atoms with Crippen molar-refractivity contribution in [1.29, 1.82) is 0 Å². The van der Waals surface area contributed by atoms with Crippen molar-refractivity contribution in [2.24, 2.45) is 5.92 Å². The number of likely N-dealkylation sites (tertiary alicyclic amines) is 1. The first-order valence-electron chi connectivity index (χ1n) is 6.88. The minimum Gasteiger partial charge on any atom is -0.472 e. The van der Waals surface area contributed by atoms with Crippen LogP contribution in [-0.2, 0) is 9.53 Å². The molecule has 0 aliphatic carbocycles. The van der Waals surface area contributed by atoms with Gasteiger partial charge >= 0.3 is 0 Å². The molecule has 1 aromatic heterocycles. The molecule has 0 bridgehead atoms. The van der Waals surface area contributed by atoms with Gasteiger partial charge in [0, 0.05) is 25.8 Å². The maximum atomic E-state index is 12.3. The van der Waals surface area contributed by atoms with Crippen LogP contribution in [0.5, 0.6) is 5.88 Å². The molecule has 0 radical (unpaired) electrons. The van der Waals surface area contributed by atoms with Crippen LogP contribution >= 0.6 is 15.9 Å². The molecule has 2 unspecified atom stereocenters. The summed E-state index contributed by atoms with van der Waals surface area (Å²) in [6.45, 7) is 2.65. The maximum Gasteiger partial charge on any atom is 0.228 e. The van der Waals surface area contributed by atoms with Gasteiger partial charge in [-0.15, -0.1) is 0 Å². The Kier molecular flexibility index (Phi) is 4.21. The summed E-state index contributed by atoms with van der Waals surface area (Å²) in [6, 6.07) is 3.75. The third-order valence-electron chi connectivity index (χ3n) is 3.74. The molecule has 0 N–H and O–H groups in total. The highest BCUT2D eigenvalue weighted by atomic mass is 79.9. The fourth-order valence-corrected chi connectivity index (χ4v) is 2.98. The lowest BCUT2D eigenvalue weighted by atomic mass is 10.1. The van der Waals surface area contributed by atoms with E-state index in [1.807, 2.05) is 17.0 Å². The van der Waals surface area contributed by atoms with Crippen LogP contribution in [-0.4, -0.2) is 48.2 Å². The number of nitrogens with zero attached hydrogens (tertiary/aromatic N) is 2. The molecule has 2 aliphatic rings. The van der Waals surface area contributed by atoms with E-state index >= 15 is 0 Å². The highest BCUT2D eigenvalue weighted by molar-refractivity contribution is 9.10. The van der Waals surface area contributed by atoms with Crippen molar-refractivity contribution in [1.82, 2.24) is 9.88 Å². The number of hydrogen-bond donors (Lipinski definition) is 0. The first-order chi connectivity index (χ1) is 9.74. The summed E-state index contributed by atoms with van der Waals surface area (Å²) in [5, 5.41) is 0. The van der Waals surface area contributed by atoms with E-state index < -0.39 is 0 Å². The molecule has 6 heteroatoms. The number of halogens is 1. The van der Waals surface area contributed by atoms with Gasteiger partial charge in [0.05, 0.1) is 23.5 Å². The normalized spacial score (nSPS) is 25.9. The van der Waals surface area contributed by atoms with Gasteiger partial charge in [-0.1, -0.05) is 0 Å². The fourth-order valence-electron chi connectivity index (χ4n) is 2.63. The Morgan fingerprint density at radius 1 is 1.50 bits per heavy atom. The van der Waals surface area contributed by atoms with E-state index in [1.54, 1.807) is 6.20 Å². The van der Waals surface area contributed by atoms with Crippen LogP contribution in [0.15, 0.2) is 22.8 Å². The van der Waals surface area contributed by atoms with E-state index in [1.165, 1.54) is 0 Å².